The summed E-state index contributed by atoms with van der Waals surface area (Å²) < 4.78 is 2.85. The molecular formula is C17H21BrN4O. The second-order valence-corrected chi connectivity index (χ2v) is 7.02. The highest BCUT2D eigenvalue weighted by Gasteiger charge is 2.21. The van der Waals surface area contributed by atoms with E-state index >= 15 is 0 Å². The van der Waals surface area contributed by atoms with Gasteiger partial charge in [0.05, 0.1) is 12.7 Å². The normalized spacial score (nSPS) is 15.7. The molecule has 1 aliphatic rings. The summed E-state index contributed by atoms with van der Waals surface area (Å²) in [5, 5.41) is 7.31. The number of urea groups is 1. The molecule has 2 aromatic rings. The van der Waals surface area contributed by atoms with Crippen LogP contribution in [0.4, 0.5) is 10.6 Å². The van der Waals surface area contributed by atoms with Gasteiger partial charge in [0.1, 0.15) is 5.82 Å². The lowest BCUT2D eigenvalue weighted by Crippen LogP contribution is -2.40. The first-order valence-corrected chi connectivity index (χ1v) is 8.73. The molecule has 1 aromatic heterocycles. The number of carbonyl (C=O) groups is 1. The van der Waals surface area contributed by atoms with Crippen molar-refractivity contribution in [1.82, 2.24) is 14.7 Å². The SMILES string of the molecule is CC1CCN(C(=O)Nc2ccnn2Cc2cccc(Br)c2)CC1. The molecule has 1 N–H and O–H groups in total. The third-order valence-electron chi connectivity index (χ3n) is 4.24. The van der Waals surface area contributed by atoms with Gasteiger partial charge in [0.25, 0.3) is 0 Å². The van der Waals surface area contributed by atoms with Gasteiger partial charge in [0.15, 0.2) is 0 Å². The molecule has 1 saturated heterocycles. The zero-order valence-corrected chi connectivity index (χ0v) is 14.8. The summed E-state index contributed by atoms with van der Waals surface area (Å²) in [4.78, 5) is 14.3. The van der Waals surface area contributed by atoms with Crippen LogP contribution in [0, 0.1) is 5.92 Å². The van der Waals surface area contributed by atoms with E-state index in [9.17, 15) is 4.79 Å². The highest BCUT2D eigenvalue weighted by Crippen LogP contribution is 2.18. The maximum Gasteiger partial charge on any atom is 0.322 e. The van der Waals surface area contributed by atoms with Gasteiger partial charge < -0.3 is 4.90 Å². The standard InChI is InChI=1S/C17H21BrN4O/c1-13-6-9-21(10-7-13)17(23)20-16-5-8-19-22(16)12-14-3-2-4-15(18)11-14/h2-5,8,11,13H,6-7,9-10,12H2,1H3,(H,20,23). The average molecular weight is 377 g/mol. The van der Waals surface area contributed by atoms with Crippen LogP contribution in [0.3, 0.4) is 0 Å². The summed E-state index contributed by atoms with van der Waals surface area (Å²) in [5.41, 5.74) is 1.13. The number of benzene rings is 1. The summed E-state index contributed by atoms with van der Waals surface area (Å²) in [6.07, 6.45) is 3.86. The van der Waals surface area contributed by atoms with Gasteiger partial charge >= 0.3 is 6.03 Å². The number of halogens is 1. The predicted octanol–water partition coefficient (Wildman–Crippen LogP) is 3.96. The lowest BCUT2D eigenvalue weighted by atomic mass is 10.00. The Hall–Kier alpha value is -1.82. The Labute approximate surface area is 144 Å². The maximum absolute atomic E-state index is 12.4. The number of amides is 2. The van der Waals surface area contributed by atoms with E-state index in [1.54, 1.807) is 6.20 Å². The first-order chi connectivity index (χ1) is 11.1. The van der Waals surface area contributed by atoms with E-state index in [-0.39, 0.29) is 6.03 Å². The van der Waals surface area contributed by atoms with E-state index in [2.05, 4.69) is 39.3 Å². The van der Waals surface area contributed by atoms with Gasteiger partial charge in [-0.2, -0.15) is 5.10 Å². The van der Waals surface area contributed by atoms with Crippen molar-refractivity contribution in [2.75, 3.05) is 18.4 Å². The average Bonchev–Trinajstić information content (AvgIpc) is 2.95. The van der Waals surface area contributed by atoms with Crippen molar-refractivity contribution in [2.24, 2.45) is 5.92 Å². The minimum absolute atomic E-state index is 0.0344. The molecule has 0 unspecified atom stereocenters. The number of carbonyl (C=O) groups excluding carboxylic acids is 1. The number of aromatic nitrogens is 2. The van der Waals surface area contributed by atoms with Crippen LogP contribution in [0.15, 0.2) is 41.0 Å². The van der Waals surface area contributed by atoms with Crippen LogP contribution in [0.5, 0.6) is 0 Å². The Kier molecular flexibility index (Phi) is 5.00. The second-order valence-electron chi connectivity index (χ2n) is 6.10. The van der Waals surface area contributed by atoms with Crippen molar-refractivity contribution in [3.63, 3.8) is 0 Å². The molecule has 2 amide bonds. The molecule has 1 aliphatic heterocycles. The Balaban J connectivity index is 1.65. The van der Waals surface area contributed by atoms with E-state index in [4.69, 9.17) is 0 Å². The van der Waals surface area contributed by atoms with Crippen molar-refractivity contribution in [3.05, 3.63) is 46.6 Å². The summed E-state index contributed by atoms with van der Waals surface area (Å²) in [7, 11) is 0. The van der Waals surface area contributed by atoms with Crippen LogP contribution in [0.2, 0.25) is 0 Å². The van der Waals surface area contributed by atoms with Crippen LogP contribution in [-0.2, 0) is 6.54 Å². The number of likely N-dealkylation sites (tertiary alicyclic amines) is 1. The quantitative estimate of drug-likeness (QED) is 0.881. The Morgan fingerprint density at radius 2 is 2.13 bits per heavy atom. The highest BCUT2D eigenvalue weighted by atomic mass is 79.9. The van der Waals surface area contributed by atoms with Gasteiger partial charge in [-0.1, -0.05) is 35.0 Å². The lowest BCUT2D eigenvalue weighted by Gasteiger charge is -2.30. The second kappa shape index (κ2) is 7.17. The minimum atomic E-state index is -0.0344. The third-order valence-corrected chi connectivity index (χ3v) is 4.74. The van der Waals surface area contributed by atoms with Gasteiger partial charge in [-0.05, 0) is 36.5 Å². The molecule has 23 heavy (non-hydrogen) atoms. The van der Waals surface area contributed by atoms with Crippen LogP contribution in [0.1, 0.15) is 25.3 Å². The fourth-order valence-electron chi connectivity index (χ4n) is 2.77. The molecule has 0 aliphatic carbocycles. The molecule has 1 fully saturated rings. The lowest BCUT2D eigenvalue weighted by molar-refractivity contribution is 0.186. The zero-order chi connectivity index (χ0) is 16.2. The number of hydrogen-bond acceptors (Lipinski definition) is 2. The van der Waals surface area contributed by atoms with E-state index in [0.29, 0.717) is 12.5 Å². The molecule has 0 atom stereocenters. The number of piperidine rings is 1. The van der Waals surface area contributed by atoms with Crippen molar-refractivity contribution in [2.45, 2.75) is 26.3 Å². The molecule has 5 nitrogen and oxygen atoms in total. The topological polar surface area (TPSA) is 50.2 Å². The van der Waals surface area contributed by atoms with E-state index in [0.717, 1.165) is 41.8 Å². The van der Waals surface area contributed by atoms with Crippen LogP contribution < -0.4 is 5.32 Å². The monoisotopic (exact) mass is 376 g/mol. The van der Waals surface area contributed by atoms with Crippen molar-refractivity contribution >= 4 is 27.8 Å². The summed E-state index contributed by atoms with van der Waals surface area (Å²) >= 11 is 3.48. The number of hydrogen-bond donors (Lipinski definition) is 1. The molecular weight excluding hydrogens is 356 g/mol. The van der Waals surface area contributed by atoms with E-state index in [1.807, 2.05) is 33.8 Å². The van der Waals surface area contributed by atoms with Crippen LogP contribution >= 0.6 is 15.9 Å². The molecule has 122 valence electrons. The number of nitrogens with one attached hydrogen (secondary N) is 1. The van der Waals surface area contributed by atoms with E-state index in [1.165, 1.54) is 0 Å². The minimum Gasteiger partial charge on any atom is -0.324 e. The zero-order valence-electron chi connectivity index (χ0n) is 13.2. The first-order valence-electron chi connectivity index (χ1n) is 7.94. The maximum atomic E-state index is 12.4. The summed E-state index contributed by atoms with van der Waals surface area (Å²) in [5.74, 6) is 1.44. The number of anilines is 1. The predicted molar refractivity (Wildman–Crippen MR) is 94.5 cm³/mol. The smallest absolute Gasteiger partial charge is 0.322 e. The third kappa shape index (κ3) is 4.13. The first kappa shape index (κ1) is 16.1. The molecule has 0 saturated carbocycles. The molecule has 0 spiro atoms. The van der Waals surface area contributed by atoms with Crippen LogP contribution in [-0.4, -0.2) is 33.8 Å². The van der Waals surface area contributed by atoms with Gasteiger partial charge in [-0.3, -0.25) is 5.32 Å². The van der Waals surface area contributed by atoms with Gasteiger partial charge in [-0.25, -0.2) is 9.48 Å². The van der Waals surface area contributed by atoms with Crippen LogP contribution in [0.25, 0.3) is 0 Å². The Bertz CT molecular complexity index is 677. The van der Waals surface area contributed by atoms with Crippen molar-refractivity contribution in [3.8, 4) is 0 Å². The fraction of sp³-hybridized carbons (Fsp3) is 0.412. The van der Waals surface area contributed by atoms with E-state index < -0.39 is 0 Å². The molecule has 1 aromatic carbocycles. The largest absolute Gasteiger partial charge is 0.324 e. The molecule has 3 rings (SSSR count). The number of nitrogens with zero attached hydrogens (tertiary/aromatic N) is 3. The highest BCUT2D eigenvalue weighted by molar-refractivity contribution is 9.10. The molecule has 0 radical (unpaired) electrons. The number of rotatable bonds is 3. The molecule has 2 heterocycles. The molecule has 6 heteroatoms. The Morgan fingerprint density at radius 1 is 1.35 bits per heavy atom. The van der Waals surface area contributed by atoms with Crippen molar-refractivity contribution in [1.29, 1.82) is 0 Å². The van der Waals surface area contributed by atoms with Gasteiger partial charge in [0, 0.05) is 23.6 Å². The fourth-order valence-corrected chi connectivity index (χ4v) is 3.22. The van der Waals surface area contributed by atoms with Gasteiger partial charge in [-0.15, -0.1) is 0 Å². The Morgan fingerprint density at radius 3 is 2.87 bits per heavy atom. The summed E-state index contributed by atoms with van der Waals surface area (Å²) in [6, 6.07) is 9.89. The molecule has 0 bridgehead atoms. The summed E-state index contributed by atoms with van der Waals surface area (Å²) in [6.45, 7) is 4.51. The van der Waals surface area contributed by atoms with Crippen molar-refractivity contribution < 1.29 is 4.79 Å². The van der Waals surface area contributed by atoms with Gasteiger partial charge in [0.2, 0.25) is 0 Å².